The highest BCUT2D eigenvalue weighted by Gasteiger charge is 2.52. The molecule has 2 N–H and O–H groups in total. The van der Waals surface area contributed by atoms with Crippen LogP contribution in [0, 0.1) is 0 Å². The molecule has 0 bridgehead atoms. The number of nitrogens with zero attached hydrogens (tertiary/aromatic N) is 1. The Morgan fingerprint density at radius 2 is 1.68 bits per heavy atom. The molecule has 0 aromatic heterocycles. The second kappa shape index (κ2) is 8.28. The molecule has 0 aliphatic carbocycles. The van der Waals surface area contributed by atoms with Crippen molar-refractivity contribution in [1.82, 2.24) is 15.5 Å². The summed E-state index contributed by atoms with van der Waals surface area (Å²) in [6.45, 7) is 1.58. The molecule has 178 valence electrons. The molecule has 2 heterocycles. The van der Waals surface area contributed by atoms with Crippen LogP contribution in [0.3, 0.4) is 0 Å². The van der Waals surface area contributed by atoms with E-state index >= 15 is 0 Å². The van der Waals surface area contributed by atoms with Crippen molar-refractivity contribution in [3.8, 4) is 0 Å². The average molecular weight is 484 g/mol. The number of amides is 5. The average Bonchev–Trinajstić information content (AvgIpc) is 3.04. The number of hydrogen-bond donors (Lipinski definition) is 3. The summed E-state index contributed by atoms with van der Waals surface area (Å²) in [6.07, 6.45) is 3.39. The van der Waals surface area contributed by atoms with Gasteiger partial charge in [0.1, 0.15) is 5.54 Å². The van der Waals surface area contributed by atoms with Gasteiger partial charge in [-0.3, -0.25) is 38.4 Å². The number of thiol groups is 1. The maximum Gasteiger partial charge on any atom is 0.262 e. The van der Waals surface area contributed by atoms with Gasteiger partial charge in [0.25, 0.3) is 23.6 Å². The van der Waals surface area contributed by atoms with Gasteiger partial charge >= 0.3 is 0 Å². The van der Waals surface area contributed by atoms with Crippen LogP contribution in [0.2, 0.25) is 0 Å². The molecule has 0 spiro atoms. The third kappa shape index (κ3) is 4.05. The Morgan fingerprint density at radius 1 is 1.03 bits per heavy atom. The van der Waals surface area contributed by atoms with Gasteiger partial charge in [-0.1, -0.05) is 16.0 Å². The molecule has 5 amide bonds. The van der Waals surface area contributed by atoms with Crippen molar-refractivity contribution < 1.29 is 28.2 Å². The van der Waals surface area contributed by atoms with Gasteiger partial charge in [0.05, 0.1) is 11.1 Å². The van der Waals surface area contributed by atoms with E-state index in [0.29, 0.717) is 16.0 Å². The van der Waals surface area contributed by atoms with Crippen LogP contribution in [0.1, 0.15) is 56.4 Å². The number of hydrogen-bond acceptors (Lipinski definition) is 6. The normalized spacial score (nSPS) is 20.7. The van der Waals surface area contributed by atoms with Gasteiger partial charge in [0.2, 0.25) is 5.91 Å². The number of carbonyl (C=O) groups excluding carboxylic acids is 5. The first kappa shape index (κ1) is 23.5. The number of rotatable bonds is 5. The summed E-state index contributed by atoms with van der Waals surface area (Å²) >= 11 is 0. The molecule has 1 saturated heterocycles. The molecule has 2 aliphatic heterocycles. The van der Waals surface area contributed by atoms with E-state index in [2.05, 4.69) is 10.6 Å². The van der Waals surface area contributed by atoms with Crippen molar-refractivity contribution in [1.29, 1.82) is 0 Å². The Labute approximate surface area is 197 Å². The molecule has 0 unspecified atom stereocenters. The Kier molecular flexibility index (Phi) is 5.72. The van der Waals surface area contributed by atoms with Crippen LogP contribution in [-0.2, 0) is 26.1 Å². The van der Waals surface area contributed by atoms with Crippen molar-refractivity contribution in [2.45, 2.75) is 36.7 Å². The van der Waals surface area contributed by atoms with Crippen molar-refractivity contribution in [2.75, 3.05) is 12.5 Å². The van der Waals surface area contributed by atoms with E-state index in [9.17, 15) is 28.2 Å². The van der Waals surface area contributed by atoms with Crippen molar-refractivity contribution in [2.24, 2.45) is 0 Å². The smallest absolute Gasteiger partial charge is 0.262 e. The number of imide groups is 2. The van der Waals surface area contributed by atoms with Crippen molar-refractivity contribution in [3.63, 3.8) is 0 Å². The molecule has 2 aromatic rings. The fraction of sp³-hybridized carbons (Fsp3) is 0.292. The fourth-order valence-corrected chi connectivity index (χ4v) is 4.98. The van der Waals surface area contributed by atoms with E-state index < -0.39 is 39.1 Å². The minimum Gasteiger partial charge on any atom is -0.348 e. The zero-order valence-corrected chi connectivity index (χ0v) is 19.9. The minimum absolute atomic E-state index is 0.0297. The first-order valence-electron chi connectivity index (χ1n) is 10.7. The maximum atomic E-state index is 13.1. The van der Waals surface area contributed by atoms with Crippen molar-refractivity contribution in [3.05, 3.63) is 64.7 Å². The van der Waals surface area contributed by atoms with Crippen LogP contribution in [0.4, 0.5) is 0 Å². The van der Waals surface area contributed by atoms with Crippen LogP contribution in [0.25, 0.3) is 0 Å². The third-order valence-corrected chi connectivity index (χ3v) is 7.77. The number of nitrogens with one attached hydrogen (secondary N) is 2. The van der Waals surface area contributed by atoms with Gasteiger partial charge in [0, 0.05) is 23.4 Å². The fourth-order valence-electron chi connectivity index (χ4n) is 4.11. The first-order valence-corrected chi connectivity index (χ1v) is 13.3. The van der Waals surface area contributed by atoms with Crippen LogP contribution in [0.15, 0.2) is 47.4 Å². The molecule has 9 nitrogen and oxygen atoms in total. The summed E-state index contributed by atoms with van der Waals surface area (Å²) < 4.78 is 12.1. The molecule has 2 aromatic carbocycles. The number of carbonyl (C=O) groups is 5. The molecule has 4 rings (SSSR count). The lowest BCUT2D eigenvalue weighted by atomic mass is 9.89. The molecule has 2 aliphatic rings. The van der Waals surface area contributed by atoms with Gasteiger partial charge in [0.15, 0.2) is 0 Å². The summed E-state index contributed by atoms with van der Waals surface area (Å²) in [4.78, 5) is 64.1. The molecule has 1 fully saturated rings. The largest absolute Gasteiger partial charge is 0.348 e. The van der Waals surface area contributed by atoms with E-state index in [-0.39, 0.29) is 36.4 Å². The quantitative estimate of drug-likeness (QED) is 0.431. The highest BCUT2D eigenvalue weighted by Crippen LogP contribution is 2.34. The molecule has 1 atom stereocenters. The van der Waals surface area contributed by atoms with E-state index in [4.69, 9.17) is 0 Å². The molecule has 10 heteroatoms. The molecule has 0 saturated carbocycles. The lowest BCUT2D eigenvalue weighted by Gasteiger charge is -2.38. The second-order valence-electron chi connectivity index (χ2n) is 9.06. The maximum absolute atomic E-state index is 13.1. The van der Waals surface area contributed by atoms with E-state index in [1.807, 2.05) is 0 Å². The van der Waals surface area contributed by atoms with Gasteiger partial charge in [-0.05, 0) is 67.8 Å². The number of piperidine rings is 1. The highest BCUT2D eigenvalue weighted by molar-refractivity contribution is 8.01. The Hall–Kier alpha value is -3.66. The molecular weight excluding hydrogens is 458 g/mol. The Morgan fingerprint density at radius 3 is 2.29 bits per heavy atom. The SMILES string of the molecule is C[C@]1(N2C(=O)c3ccc(CNC(=O)c4ccc([SH](C)(C)=O)cc4)cc3C2=O)CCC(=O)NC1=O. The molecular formula is C24H25N3O6S. The van der Waals surface area contributed by atoms with Gasteiger partial charge in [-0.15, -0.1) is 0 Å². The molecule has 34 heavy (non-hydrogen) atoms. The van der Waals surface area contributed by atoms with Crippen molar-refractivity contribution >= 4 is 39.5 Å². The standard InChI is InChI=1S/C24H25N3O6S/c1-24(11-10-19(28)26-23(24)32)27-21(30)17-9-4-14(12-18(17)22(27)31)13-25-20(29)15-5-7-16(8-6-15)34(2,3)33/h4-9,12,34H,10-11,13H2,1-3H3,(H,25,29)(H,26,28,32)/t24-/m0/s1. The van der Waals surface area contributed by atoms with Gasteiger partial charge in [-0.25, -0.2) is 0 Å². The first-order chi connectivity index (χ1) is 15.9. The number of fused-ring (bicyclic) bond motifs is 1. The number of benzene rings is 2. The lowest BCUT2D eigenvalue weighted by Crippen LogP contribution is -2.62. The highest BCUT2D eigenvalue weighted by atomic mass is 32.2. The van der Waals surface area contributed by atoms with E-state index in [1.165, 1.54) is 19.1 Å². The van der Waals surface area contributed by atoms with Crippen LogP contribution in [0.5, 0.6) is 0 Å². The topological polar surface area (TPSA) is 130 Å². The van der Waals surface area contributed by atoms with E-state index in [1.54, 1.807) is 42.8 Å². The Bertz CT molecular complexity index is 1300. The van der Waals surface area contributed by atoms with Crippen LogP contribution in [-0.4, -0.2) is 56.7 Å². The minimum atomic E-state index is -2.41. The lowest BCUT2D eigenvalue weighted by molar-refractivity contribution is -0.140. The summed E-state index contributed by atoms with van der Waals surface area (Å²) in [7, 11) is -2.41. The second-order valence-corrected chi connectivity index (χ2v) is 12.3. The summed E-state index contributed by atoms with van der Waals surface area (Å²) in [6, 6.07) is 11.2. The van der Waals surface area contributed by atoms with Gasteiger partial charge in [-0.2, -0.15) is 0 Å². The summed E-state index contributed by atoms with van der Waals surface area (Å²) in [5.41, 5.74) is -0.130. The summed E-state index contributed by atoms with van der Waals surface area (Å²) in [5, 5.41) is 4.96. The summed E-state index contributed by atoms with van der Waals surface area (Å²) in [5.74, 6) is -2.66. The van der Waals surface area contributed by atoms with E-state index in [0.717, 1.165) is 4.90 Å². The van der Waals surface area contributed by atoms with Crippen LogP contribution >= 0.6 is 0 Å². The third-order valence-electron chi connectivity index (χ3n) is 6.23. The monoisotopic (exact) mass is 483 g/mol. The molecule has 0 radical (unpaired) electrons. The predicted molar refractivity (Wildman–Crippen MR) is 125 cm³/mol. The van der Waals surface area contributed by atoms with Crippen LogP contribution < -0.4 is 10.6 Å². The zero-order chi connectivity index (χ0) is 24.8. The zero-order valence-electron chi connectivity index (χ0n) is 19.0. The Balaban J connectivity index is 1.49. The predicted octanol–water partition coefficient (Wildman–Crippen LogP) is 1.04. The van der Waals surface area contributed by atoms with Gasteiger partial charge < -0.3 is 5.32 Å².